The molecule has 7 nitrogen and oxygen atoms in total. The number of benzene rings is 2. The molecule has 0 bridgehead atoms. The van der Waals surface area contributed by atoms with Crippen molar-refractivity contribution in [1.82, 2.24) is 25.1 Å². The van der Waals surface area contributed by atoms with Gasteiger partial charge in [-0.1, -0.05) is 24.3 Å². The van der Waals surface area contributed by atoms with E-state index in [1.807, 2.05) is 24.3 Å². The molecule has 1 atom stereocenters. The van der Waals surface area contributed by atoms with Crippen LogP contribution in [0.4, 0.5) is 13.2 Å². The number of ether oxygens (including phenoxy) is 2. The third-order valence-electron chi connectivity index (χ3n) is 5.24. The van der Waals surface area contributed by atoms with Gasteiger partial charge in [0.05, 0.1) is 38.5 Å². The van der Waals surface area contributed by atoms with Crippen molar-refractivity contribution in [3.05, 3.63) is 71.0 Å². The molecule has 1 unspecified atom stereocenters. The van der Waals surface area contributed by atoms with E-state index in [-0.39, 0.29) is 0 Å². The SMILES string of the molecule is COc1ccc(Cn2nnnc2C(c2cccc(C(F)(F)F)c2)N2CCOCC2)cc1. The summed E-state index contributed by atoms with van der Waals surface area (Å²) < 4.78 is 52.3. The summed E-state index contributed by atoms with van der Waals surface area (Å²) in [6, 6.07) is 12.3. The van der Waals surface area contributed by atoms with Crippen LogP contribution >= 0.6 is 0 Å². The zero-order valence-electron chi connectivity index (χ0n) is 16.9. The number of tetrazole rings is 1. The number of hydrogen-bond donors (Lipinski definition) is 0. The van der Waals surface area contributed by atoms with Gasteiger partial charge in [0.15, 0.2) is 5.82 Å². The molecule has 10 heteroatoms. The Labute approximate surface area is 177 Å². The Balaban J connectivity index is 1.71. The first-order valence-corrected chi connectivity index (χ1v) is 9.83. The zero-order valence-corrected chi connectivity index (χ0v) is 16.9. The molecule has 0 spiro atoms. The molecule has 1 aromatic heterocycles. The summed E-state index contributed by atoms with van der Waals surface area (Å²) >= 11 is 0. The number of alkyl halides is 3. The van der Waals surface area contributed by atoms with E-state index in [0.29, 0.717) is 44.2 Å². The van der Waals surface area contributed by atoms with E-state index in [9.17, 15) is 13.2 Å². The van der Waals surface area contributed by atoms with E-state index in [1.54, 1.807) is 17.9 Å². The van der Waals surface area contributed by atoms with Crippen molar-refractivity contribution in [2.24, 2.45) is 0 Å². The molecule has 0 N–H and O–H groups in total. The number of halogens is 3. The normalized spacial score (nSPS) is 16.3. The zero-order chi connectivity index (χ0) is 21.8. The Morgan fingerprint density at radius 3 is 2.52 bits per heavy atom. The van der Waals surface area contributed by atoms with Crippen LogP contribution in [0.3, 0.4) is 0 Å². The van der Waals surface area contributed by atoms with Gasteiger partial charge in [-0.25, -0.2) is 4.68 Å². The van der Waals surface area contributed by atoms with Crippen LogP contribution in [-0.2, 0) is 17.5 Å². The highest BCUT2D eigenvalue weighted by molar-refractivity contribution is 5.32. The van der Waals surface area contributed by atoms with Gasteiger partial charge in [-0.05, 0) is 45.8 Å². The third-order valence-corrected chi connectivity index (χ3v) is 5.24. The monoisotopic (exact) mass is 433 g/mol. The van der Waals surface area contributed by atoms with Crippen molar-refractivity contribution >= 4 is 0 Å². The van der Waals surface area contributed by atoms with Crippen molar-refractivity contribution in [2.75, 3.05) is 33.4 Å². The van der Waals surface area contributed by atoms with E-state index in [4.69, 9.17) is 9.47 Å². The lowest BCUT2D eigenvalue weighted by Crippen LogP contribution is -2.40. The van der Waals surface area contributed by atoms with Crippen LogP contribution < -0.4 is 4.74 Å². The van der Waals surface area contributed by atoms with Crippen molar-refractivity contribution in [1.29, 1.82) is 0 Å². The standard InChI is InChI=1S/C21H22F3N5O2/c1-30-18-7-5-15(6-8-18)14-29-20(25-26-27-29)19(28-9-11-31-12-10-28)16-3-2-4-17(13-16)21(22,23)24/h2-8,13,19H,9-12,14H2,1H3. The molecular weight excluding hydrogens is 411 g/mol. The summed E-state index contributed by atoms with van der Waals surface area (Å²) in [7, 11) is 1.59. The highest BCUT2D eigenvalue weighted by Gasteiger charge is 2.34. The van der Waals surface area contributed by atoms with E-state index in [0.717, 1.165) is 17.4 Å². The molecule has 4 rings (SSSR count). The highest BCUT2D eigenvalue weighted by atomic mass is 19.4. The van der Waals surface area contributed by atoms with E-state index in [2.05, 4.69) is 20.4 Å². The second-order valence-electron chi connectivity index (χ2n) is 7.22. The molecule has 1 aliphatic heterocycles. The second-order valence-corrected chi connectivity index (χ2v) is 7.22. The maximum atomic E-state index is 13.4. The largest absolute Gasteiger partial charge is 0.497 e. The van der Waals surface area contributed by atoms with Crippen LogP contribution in [0.2, 0.25) is 0 Å². The van der Waals surface area contributed by atoms with Crippen LogP contribution in [0.5, 0.6) is 5.75 Å². The lowest BCUT2D eigenvalue weighted by molar-refractivity contribution is -0.137. The molecule has 1 saturated heterocycles. The average Bonchev–Trinajstić information content (AvgIpc) is 3.22. The summed E-state index contributed by atoms with van der Waals surface area (Å²) in [5.74, 6) is 1.22. The molecular formula is C21H22F3N5O2. The summed E-state index contributed by atoms with van der Waals surface area (Å²) in [6.07, 6.45) is -4.43. The minimum atomic E-state index is -4.43. The van der Waals surface area contributed by atoms with Crippen molar-refractivity contribution < 1.29 is 22.6 Å². The van der Waals surface area contributed by atoms with Gasteiger partial charge >= 0.3 is 6.18 Å². The van der Waals surface area contributed by atoms with Crippen molar-refractivity contribution in [3.63, 3.8) is 0 Å². The number of nitrogens with zero attached hydrogens (tertiary/aromatic N) is 5. The molecule has 164 valence electrons. The number of aromatic nitrogens is 4. The first kappa shape index (κ1) is 21.3. The number of morpholine rings is 1. The summed E-state index contributed by atoms with van der Waals surface area (Å²) in [4.78, 5) is 2.05. The summed E-state index contributed by atoms with van der Waals surface area (Å²) in [5, 5.41) is 12.1. The molecule has 1 fully saturated rings. The van der Waals surface area contributed by atoms with Gasteiger partial charge in [-0.3, -0.25) is 4.90 Å². The Kier molecular flexibility index (Phi) is 6.19. The minimum Gasteiger partial charge on any atom is -0.497 e. The van der Waals surface area contributed by atoms with Gasteiger partial charge in [-0.15, -0.1) is 5.10 Å². The second kappa shape index (κ2) is 9.03. The maximum Gasteiger partial charge on any atom is 0.416 e. The average molecular weight is 433 g/mol. The maximum absolute atomic E-state index is 13.4. The predicted molar refractivity (Wildman–Crippen MR) is 106 cm³/mol. The number of rotatable bonds is 6. The summed E-state index contributed by atoms with van der Waals surface area (Å²) in [5.41, 5.74) is 0.735. The Bertz CT molecular complexity index is 1000. The molecule has 31 heavy (non-hydrogen) atoms. The van der Waals surface area contributed by atoms with Crippen LogP contribution in [0.1, 0.15) is 28.6 Å². The van der Waals surface area contributed by atoms with Crippen LogP contribution in [0, 0.1) is 0 Å². The Morgan fingerprint density at radius 2 is 1.84 bits per heavy atom. The highest BCUT2D eigenvalue weighted by Crippen LogP contribution is 2.34. The lowest BCUT2D eigenvalue weighted by atomic mass is 10.0. The van der Waals surface area contributed by atoms with Gasteiger partial charge in [0.1, 0.15) is 5.75 Å². The fourth-order valence-electron chi connectivity index (χ4n) is 3.67. The summed E-state index contributed by atoms with van der Waals surface area (Å²) in [6.45, 7) is 2.50. The third kappa shape index (κ3) is 4.86. The molecule has 2 aromatic carbocycles. The molecule has 0 amide bonds. The van der Waals surface area contributed by atoms with Crippen LogP contribution in [0.25, 0.3) is 0 Å². The molecule has 0 saturated carbocycles. The van der Waals surface area contributed by atoms with Crippen molar-refractivity contribution in [3.8, 4) is 5.75 Å². The minimum absolute atomic E-state index is 0.381. The van der Waals surface area contributed by atoms with E-state index >= 15 is 0 Å². The predicted octanol–water partition coefficient (Wildman–Crippen LogP) is 3.17. The van der Waals surface area contributed by atoms with Crippen LogP contribution in [-0.4, -0.2) is 58.5 Å². The van der Waals surface area contributed by atoms with Gasteiger partial charge in [-0.2, -0.15) is 13.2 Å². The van der Waals surface area contributed by atoms with Gasteiger partial charge in [0.2, 0.25) is 0 Å². The molecule has 0 aliphatic carbocycles. The fraction of sp³-hybridized carbons (Fsp3) is 0.381. The molecule has 1 aliphatic rings. The van der Waals surface area contributed by atoms with Crippen molar-refractivity contribution in [2.45, 2.75) is 18.8 Å². The smallest absolute Gasteiger partial charge is 0.416 e. The number of hydrogen-bond acceptors (Lipinski definition) is 6. The quantitative estimate of drug-likeness (QED) is 0.595. The molecule has 3 aromatic rings. The van der Waals surface area contributed by atoms with Gasteiger partial charge in [0.25, 0.3) is 0 Å². The van der Waals surface area contributed by atoms with Gasteiger partial charge < -0.3 is 9.47 Å². The molecule has 2 heterocycles. The fourth-order valence-corrected chi connectivity index (χ4v) is 3.67. The first-order valence-electron chi connectivity index (χ1n) is 9.83. The van der Waals surface area contributed by atoms with Crippen LogP contribution in [0.15, 0.2) is 48.5 Å². The Morgan fingerprint density at radius 1 is 1.10 bits per heavy atom. The van der Waals surface area contributed by atoms with E-state index in [1.165, 1.54) is 12.1 Å². The number of methoxy groups -OCH3 is 1. The van der Waals surface area contributed by atoms with Gasteiger partial charge in [0, 0.05) is 13.1 Å². The molecule has 0 radical (unpaired) electrons. The van der Waals surface area contributed by atoms with E-state index < -0.39 is 17.8 Å². The lowest BCUT2D eigenvalue weighted by Gasteiger charge is -2.34. The Hall–Kier alpha value is -2.98. The first-order chi connectivity index (χ1) is 15.0. The topological polar surface area (TPSA) is 65.3 Å².